The third-order valence-corrected chi connectivity index (χ3v) is 6.04. The normalized spacial score (nSPS) is 10.4. The van der Waals surface area contributed by atoms with Crippen molar-refractivity contribution >= 4 is 23.3 Å². The Morgan fingerprint density at radius 3 is 2.24 bits per heavy atom. The monoisotopic (exact) mass is 677 g/mol. The number of hydrogen-bond donors (Lipinski definition) is 2. The molecule has 0 fully saturated rings. The lowest BCUT2D eigenvalue weighted by Gasteiger charge is -2.09. The lowest BCUT2D eigenvalue weighted by Crippen LogP contribution is -2.13. The zero-order chi connectivity index (χ0) is 35.3. The highest BCUT2D eigenvalue weighted by atomic mass is 19.4. The summed E-state index contributed by atoms with van der Waals surface area (Å²) in [6, 6.07) is 15.1. The number of alkyl halides is 3. The van der Waals surface area contributed by atoms with Crippen molar-refractivity contribution in [3.8, 4) is 35.5 Å². The summed E-state index contributed by atoms with van der Waals surface area (Å²) in [6.07, 6.45) is 13.3. The van der Waals surface area contributed by atoms with Gasteiger partial charge in [-0.05, 0) is 42.5 Å². The van der Waals surface area contributed by atoms with Crippen molar-refractivity contribution in [2.75, 3.05) is 10.6 Å². The van der Waals surface area contributed by atoms with E-state index in [2.05, 4.69) is 51.4 Å². The summed E-state index contributed by atoms with van der Waals surface area (Å²) < 4.78 is 48.5. The van der Waals surface area contributed by atoms with Gasteiger partial charge < -0.3 is 20.1 Å². The molecule has 0 saturated carbocycles. The van der Waals surface area contributed by atoms with Crippen molar-refractivity contribution in [3.63, 3.8) is 0 Å². The molecule has 2 N–H and O–H groups in total. The molecule has 0 radical (unpaired) electrons. The summed E-state index contributed by atoms with van der Waals surface area (Å²) in [7, 11) is 0. The summed E-state index contributed by atoms with van der Waals surface area (Å²) in [6.45, 7) is 0. The molecule has 0 aliphatic heterocycles. The number of ether oxygens (including phenoxy) is 2. The zero-order valence-corrected chi connectivity index (χ0v) is 25.4. The first kappa shape index (κ1) is 34.1. The van der Waals surface area contributed by atoms with Crippen molar-refractivity contribution in [3.05, 3.63) is 139 Å². The van der Waals surface area contributed by atoms with Gasteiger partial charge in [0.05, 0.1) is 49.1 Å². The molecular weight excluding hydrogens is 655 g/mol. The zero-order valence-electron chi connectivity index (χ0n) is 25.4. The molecule has 6 rings (SSSR count). The molecule has 0 aliphatic carbocycles. The van der Waals surface area contributed by atoms with Gasteiger partial charge in [0, 0.05) is 23.4 Å². The van der Waals surface area contributed by atoms with Gasteiger partial charge in [0.15, 0.2) is 11.6 Å². The molecule has 2 amide bonds. The second kappa shape index (κ2) is 16.0. The maximum atomic E-state index is 12.5. The highest BCUT2D eigenvalue weighted by Crippen LogP contribution is 2.29. The van der Waals surface area contributed by atoms with Gasteiger partial charge in [-0.25, -0.2) is 15.0 Å². The smallest absolute Gasteiger partial charge is 0.433 e. The van der Waals surface area contributed by atoms with Crippen molar-refractivity contribution in [1.29, 1.82) is 0 Å². The number of nitrogens with zero attached hydrogens (tertiary/aromatic N) is 7. The first-order valence-corrected chi connectivity index (χ1v) is 14.2. The van der Waals surface area contributed by atoms with Crippen molar-refractivity contribution in [2.45, 2.75) is 6.18 Å². The molecule has 0 saturated heterocycles. The van der Waals surface area contributed by atoms with Gasteiger partial charge in [-0.2, -0.15) is 18.2 Å². The van der Waals surface area contributed by atoms with Gasteiger partial charge in [-0.1, -0.05) is 18.1 Å². The molecule has 50 heavy (non-hydrogen) atoms. The van der Waals surface area contributed by atoms with E-state index in [1.54, 1.807) is 48.7 Å². The number of pyridine rings is 3. The average Bonchev–Trinajstić information content (AvgIpc) is 3.13. The minimum Gasteiger partial charge on any atom is -0.452 e. The Labute approximate surface area is 281 Å². The summed E-state index contributed by atoms with van der Waals surface area (Å²) in [5, 5.41) is 5.25. The number of nitrogens with one attached hydrogen (secondary N) is 2. The fourth-order valence-electron chi connectivity index (χ4n) is 3.83. The van der Waals surface area contributed by atoms with Crippen LogP contribution in [-0.2, 0) is 6.18 Å². The number of halogens is 3. The van der Waals surface area contributed by atoms with Crippen LogP contribution in [-0.4, -0.2) is 46.7 Å². The van der Waals surface area contributed by atoms with Crippen molar-refractivity contribution < 1.29 is 32.2 Å². The van der Waals surface area contributed by atoms with Crippen LogP contribution in [0.2, 0.25) is 0 Å². The molecule has 248 valence electrons. The summed E-state index contributed by atoms with van der Waals surface area (Å²) >= 11 is 0. The van der Waals surface area contributed by atoms with E-state index in [4.69, 9.17) is 15.9 Å². The summed E-state index contributed by atoms with van der Waals surface area (Å²) in [5.74, 6) is 2.70. The topological polar surface area (TPSA) is 167 Å². The minimum atomic E-state index is -4.54. The average molecular weight is 678 g/mol. The van der Waals surface area contributed by atoms with Crippen LogP contribution >= 0.6 is 0 Å². The van der Waals surface area contributed by atoms with Crippen LogP contribution in [0.4, 0.5) is 24.7 Å². The number of hydrogen-bond acceptors (Lipinski definition) is 11. The molecule has 0 spiro atoms. The Balaban J connectivity index is 0.000000200. The Bertz CT molecular complexity index is 2110. The number of carbonyl (C=O) groups is 2. The number of amides is 2. The SMILES string of the molecule is C#Cc1cccc(C(=O)Nc2cncc(Oc3ccc(C(F)(F)F)nc3)n2)c1.O=C(Nc1cncc(Oc2cncnc2)c1)c1ccccn1. The second-order valence-electron chi connectivity index (χ2n) is 9.66. The largest absolute Gasteiger partial charge is 0.452 e. The quantitative estimate of drug-likeness (QED) is 0.175. The number of terminal acetylenes is 1. The van der Waals surface area contributed by atoms with Crippen molar-refractivity contribution in [2.24, 2.45) is 0 Å². The predicted octanol–water partition coefficient (Wildman–Crippen LogP) is 6.23. The fourth-order valence-corrected chi connectivity index (χ4v) is 3.83. The molecule has 6 aromatic rings. The van der Waals surface area contributed by atoms with Gasteiger partial charge in [0.2, 0.25) is 5.88 Å². The molecular formula is C34H22F3N9O4. The highest BCUT2D eigenvalue weighted by molar-refractivity contribution is 6.04. The van der Waals surface area contributed by atoms with Crippen LogP contribution in [0.15, 0.2) is 117 Å². The van der Waals surface area contributed by atoms with Gasteiger partial charge >= 0.3 is 6.18 Å². The van der Waals surface area contributed by atoms with Crippen LogP contribution in [0.3, 0.4) is 0 Å². The Kier molecular flexibility index (Phi) is 10.9. The second-order valence-corrected chi connectivity index (χ2v) is 9.66. The molecule has 5 heterocycles. The standard InChI is InChI=1S/C19H11F3N4O2.C15H11N5O2/c1-2-12-4-3-5-13(8-12)18(27)26-16-10-23-11-17(25-16)28-14-6-7-15(24-9-14)19(20,21)22;21-15(14-3-1-2-4-19-14)20-11-5-12(7-16-6-11)22-13-8-17-10-18-9-13/h1,3-11H,(H,25,26,27);1-10H,(H,20,21). The maximum Gasteiger partial charge on any atom is 0.433 e. The first-order chi connectivity index (χ1) is 24.2. The van der Waals surface area contributed by atoms with E-state index in [1.807, 2.05) is 0 Å². The van der Waals surface area contributed by atoms with Crippen LogP contribution in [0.25, 0.3) is 0 Å². The molecule has 0 aliphatic rings. The van der Waals surface area contributed by atoms with Crippen LogP contribution in [0.5, 0.6) is 23.1 Å². The van der Waals surface area contributed by atoms with Gasteiger partial charge in [0.25, 0.3) is 11.8 Å². The first-order valence-electron chi connectivity index (χ1n) is 14.2. The lowest BCUT2D eigenvalue weighted by atomic mass is 10.1. The summed E-state index contributed by atoms with van der Waals surface area (Å²) in [5.41, 5.74) is 0.664. The minimum absolute atomic E-state index is 0.0308. The molecule has 5 aromatic heterocycles. The molecule has 16 heteroatoms. The van der Waals surface area contributed by atoms with E-state index in [0.29, 0.717) is 34.0 Å². The van der Waals surface area contributed by atoms with Crippen LogP contribution in [0, 0.1) is 12.3 Å². The van der Waals surface area contributed by atoms with E-state index in [1.165, 1.54) is 49.6 Å². The van der Waals surface area contributed by atoms with Crippen LogP contribution in [0.1, 0.15) is 32.1 Å². The van der Waals surface area contributed by atoms with E-state index < -0.39 is 17.8 Å². The van der Waals surface area contributed by atoms with Gasteiger partial charge in [-0.3, -0.25) is 24.5 Å². The third kappa shape index (κ3) is 9.86. The number of carbonyl (C=O) groups excluding carboxylic acids is 2. The van der Waals surface area contributed by atoms with Gasteiger partial charge in [0.1, 0.15) is 29.2 Å². The lowest BCUT2D eigenvalue weighted by molar-refractivity contribution is -0.141. The molecule has 1 aromatic carbocycles. The molecule has 0 atom stereocenters. The van der Waals surface area contributed by atoms with Gasteiger partial charge in [-0.15, -0.1) is 6.42 Å². The molecule has 0 bridgehead atoms. The third-order valence-electron chi connectivity index (χ3n) is 6.04. The molecule has 13 nitrogen and oxygen atoms in total. The van der Waals surface area contributed by atoms with E-state index >= 15 is 0 Å². The Morgan fingerprint density at radius 2 is 1.52 bits per heavy atom. The number of aromatic nitrogens is 7. The van der Waals surface area contributed by atoms with Crippen molar-refractivity contribution in [1.82, 2.24) is 34.9 Å². The number of anilines is 2. The number of benzene rings is 1. The fraction of sp³-hybridized carbons (Fsp3) is 0.0294. The van der Waals surface area contributed by atoms with E-state index in [9.17, 15) is 22.8 Å². The summed E-state index contributed by atoms with van der Waals surface area (Å²) in [4.78, 5) is 51.2. The number of rotatable bonds is 8. The molecule has 0 unspecified atom stereocenters. The maximum absolute atomic E-state index is 12.5. The highest BCUT2D eigenvalue weighted by Gasteiger charge is 2.32. The van der Waals surface area contributed by atoms with Crippen LogP contribution < -0.4 is 20.1 Å². The Hall–Kier alpha value is -7.28. The Morgan fingerprint density at radius 1 is 0.720 bits per heavy atom. The van der Waals surface area contributed by atoms with E-state index in [0.717, 1.165) is 18.3 Å². The predicted molar refractivity (Wildman–Crippen MR) is 172 cm³/mol. The van der Waals surface area contributed by atoms with E-state index in [-0.39, 0.29) is 23.4 Å².